The summed E-state index contributed by atoms with van der Waals surface area (Å²) >= 11 is 1.78. The minimum atomic E-state index is 0.0955. The summed E-state index contributed by atoms with van der Waals surface area (Å²) in [4.78, 5) is 15.7. The van der Waals surface area contributed by atoms with Crippen molar-refractivity contribution in [3.05, 3.63) is 0 Å². The molecule has 0 aromatic carbocycles. The van der Waals surface area contributed by atoms with Gasteiger partial charge >= 0.3 is 0 Å². The molecule has 0 saturated carbocycles. The molecule has 0 radical (unpaired) electrons. The molecule has 1 rings (SSSR count). The topological polar surface area (TPSA) is 53.5 Å². The quantitative estimate of drug-likeness (QED) is 0.767. The monoisotopic (exact) mass is 243 g/mol. The number of carbonyl (C=O) groups is 1. The Kier molecular flexibility index (Phi) is 5.66. The first-order chi connectivity index (χ1) is 7.61. The summed E-state index contributed by atoms with van der Waals surface area (Å²) in [5.41, 5.74) is 0. The van der Waals surface area contributed by atoms with Crippen molar-refractivity contribution >= 4 is 22.8 Å². The van der Waals surface area contributed by atoms with E-state index in [9.17, 15) is 4.79 Å². The zero-order chi connectivity index (χ0) is 12.0. The van der Waals surface area contributed by atoms with Gasteiger partial charge in [0.15, 0.2) is 5.17 Å². The fraction of sp³-hybridized carbons (Fsp3) is 0.818. The third-order valence-electron chi connectivity index (χ3n) is 2.25. The lowest BCUT2D eigenvalue weighted by Crippen LogP contribution is -2.33. The highest BCUT2D eigenvalue weighted by atomic mass is 32.2. The maximum absolute atomic E-state index is 11.3. The predicted octanol–water partition coefficient (Wildman–Crippen LogP) is 1.37. The van der Waals surface area contributed by atoms with E-state index >= 15 is 0 Å². The van der Waals surface area contributed by atoms with Gasteiger partial charge in [-0.25, -0.2) is 0 Å². The van der Waals surface area contributed by atoms with Gasteiger partial charge in [0, 0.05) is 24.3 Å². The van der Waals surface area contributed by atoms with E-state index < -0.39 is 0 Å². The maximum atomic E-state index is 11.3. The van der Waals surface area contributed by atoms with E-state index in [1.807, 2.05) is 13.8 Å². The van der Waals surface area contributed by atoms with Crippen LogP contribution < -0.4 is 10.6 Å². The molecule has 4 nitrogen and oxygen atoms in total. The minimum Gasteiger partial charge on any atom is -0.364 e. The van der Waals surface area contributed by atoms with Crippen molar-refractivity contribution in [1.29, 1.82) is 0 Å². The van der Waals surface area contributed by atoms with Crippen LogP contribution in [0.15, 0.2) is 4.99 Å². The molecule has 16 heavy (non-hydrogen) atoms. The van der Waals surface area contributed by atoms with Crippen molar-refractivity contribution in [3.8, 4) is 0 Å². The maximum Gasteiger partial charge on any atom is 0.221 e. The second-order valence-corrected chi connectivity index (χ2v) is 5.48. The van der Waals surface area contributed by atoms with E-state index in [0.717, 1.165) is 18.1 Å². The molecule has 0 saturated heterocycles. The fourth-order valence-corrected chi connectivity index (χ4v) is 2.37. The number of amidine groups is 1. The summed E-state index contributed by atoms with van der Waals surface area (Å²) in [6, 6.07) is 0.218. The van der Waals surface area contributed by atoms with Crippen molar-refractivity contribution in [1.82, 2.24) is 10.6 Å². The lowest BCUT2D eigenvalue weighted by molar-refractivity contribution is -0.121. The normalized spacial score (nSPS) is 19.8. The number of nitrogens with zero attached hydrogens (tertiary/aromatic N) is 1. The van der Waals surface area contributed by atoms with Crippen LogP contribution in [0.2, 0.25) is 0 Å². The van der Waals surface area contributed by atoms with Gasteiger partial charge in [0.05, 0.1) is 6.54 Å². The Morgan fingerprint density at radius 2 is 2.38 bits per heavy atom. The van der Waals surface area contributed by atoms with Gasteiger partial charge < -0.3 is 10.6 Å². The molecule has 0 aliphatic carbocycles. The molecule has 92 valence electrons. The Hall–Kier alpha value is -0.710. The second-order valence-electron chi connectivity index (χ2n) is 4.19. The number of rotatable bonds is 5. The van der Waals surface area contributed by atoms with E-state index in [1.165, 1.54) is 0 Å². The van der Waals surface area contributed by atoms with Crippen LogP contribution >= 0.6 is 11.8 Å². The largest absolute Gasteiger partial charge is 0.364 e. The van der Waals surface area contributed by atoms with Crippen LogP contribution in [-0.4, -0.2) is 35.5 Å². The van der Waals surface area contributed by atoms with Gasteiger partial charge in [-0.05, 0) is 20.3 Å². The van der Waals surface area contributed by atoms with Crippen molar-refractivity contribution in [2.45, 2.75) is 44.9 Å². The number of hydrogen-bond donors (Lipinski definition) is 2. The third kappa shape index (κ3) is 4.88. The predicted molar refractivity (Wildman–Crippen MR) is 69.9 cm³/mol. The number of carbonyl (C=O) groups excluding carboxylic acids is 1. The molecule has 2 N–H and O–H groups in total. The van der Waals surface area contributed by atoms with Crippen molar-refractivity contribution in [3.63, 3.8) is 0 Å². The molecule has 0 aromatic heterocycles. The Labute approximate surface area is 102 Å². The van der Waals surface area contributed by atoms with Crippen molar-refractivity contribution in [2.75, 3.05) is 13.1 Å². The summed E-state index contributed by atoms with van der Waals surface area (Å²) in [5, 5.41) is 7.67. The summed E-state index contributed by atoms with van der Waals surface area (Å²) < 4.78 is 0. The van der Waals surface area contributed by atoms with E-state index in [1.54, 1.807) is 11.8 Å². The zero-order valence-electron chi connectivity index (χ0n) is 10.2. The van der Waals surface area contributed by atoms with E-state index in [0.29, 0.717) is 18.2 Å². The van der Waals surface area contributed by atoms with Gasteiger partial charge in [-0.1, -0.05) is 18.7 Å². The molecular weight excluding hydrogens is 222 g/mol. The van der Waals surface area contributed by atoms with Crippen LogP contribution in [0.3, 0.4) is 0 Å². The average Bonchev–Trinajstić information content (AvgIpc) is 2.64. The van der Waals surface area contributed by atoms with Crippen LogP contribution in [0.25, 0.3) is 0 Å². The van der Waals surface area contributed by atoms with Crippen LogP contribution in [0.5, 0.6) is 0 Å². The van der Waals surface area contributed by atoms with Crippen molar-refractivity contribution in [2.24, 2.45) is 4.99 Å². The van der Waals surface area contributed by atoms with E-state index in [-0.39, 0.29) is 11.9 Å². The molecule has 0 fully saturated rings. The highest BCUT2D eigenvalue weighted by Gasteiger charge is 2.17. The first kappa shape index (κ1) is 13.4. The number of aliphatic imine (C=N–C) groups is 1. The van der Waals surface area contributed by atoms with Gasteiger partial charge in [0.25, 0.3) is 0 Å². The minimum absolute atomic E-state index is 0.0955. The number of thioether (sulfide) groups is 1. The molecule has 0 bridgehead atoms. The number of nitrogens with one attached hydrogen (secondary N) is 2. The first-order valence-corrected chi connectivity index (χ1v) is 6.74. The Morgan fingerprint density at radius 1 is 1.62 bits per heavy atom. The summed E-state index contributed by atoms with van der Waals surface area (Å²) in [6.07, 6.45) is 1.65. The summed E-state index contributed by atoms with van der Waals surface area (Å²) in [6.45, 7) is 7.68. The number of hydrogen-bond acceptors (Lipinski definition) is 4. The van der Waals surface area contributed by atoms with E-state index in [4.69, 9.17) is 0 Å². The van der Waals surface area contributed by atoms with E-state index in [2.05, 4.69) is 22.5 Å². The molecule has 1 unspecified atom stereocenters. The highest BCUT2D eigenvalue weighted by molar-refractivity contribution is 8.14. The standard InChI is InChI=1S/C11H21N3OS/c1-4-9-7-13-11(16-9)12-6-5-10(15)14-8(2)3/h8-9H,4-7H2,1-3H3,(H,12,13)(H,14,15). The van der Waals surface area contributed by atoms with Gasteiger partial charge in [-0.2, -0.15) is 0 Å². The molecular formula is C11H21N3OS. The molecule has 5 heteroatoms. The lowest BCUT2D eigenvalue weighted by Gasteiger charge is -2.09. The average molecular weight is 243 g/mol. The molecule has 0 spiro atoms. The van der Waals surface area contributed by atoms with Crippen molar-refractivity contribution < 1.29 is 4.79 Å². The molecule has 1 atom stereocenters. The van der Waals surface area contributed by atoms with Gasteiger partial charge in [-0.15, -0.1) is 0 Å². The molecule has 1 heterocycles. The van der Waals surface area contributed by atoms with Crippen LogP contribution in [0, 0.1) is 0 Å². The molecule has 0 aromatic rings. The lowest BCUT2D eigenvalue weighted by atomic mass is 10.3. The number of amides is 1. The summed E-state index contributed by atoms with van der Waals surface area (Å²) in [7, 11) is 0. The smallest absolute Gasteiger partial charge is 0.221 e. The van der Waals surface area contributed by atoms with Crippen LogP contribution in [0.1, 0.15) is 33.6 Å². The Bertz CT molecular complexity index is 266. The Balaban J connectivity index is 2.10. The molecule has 1 aliphatic heterocycles. The fourth-order valence-electron chi connectivity index (χ4n) is 1.40. The zero-order valence-corrected chi connectivity index (χ0v) is 11.1. The second kappa shape index (κ2) is 6.78. The first-order valence-electron chi connectivity index (χ1n) is 5.86. The van der Waals surface area contributed by atoms with Gasteiger partial charge in [-0.3, -0.25) is 9.79 Å². The van der Waals surface area contributed by atoms with Gasteiger partial charge in [0.1, 0.15) is 0 Å². The Morgan fingerprint density at radius 3 is 2.94 bits per heavy atom. The summed E-state index contributed by atoms with van der Waals surface area (Å²) in [5.74, 6) is 0.0955. The third-order valence-corrected chi connectivity index (χ3v) is 3.56. The van der Waals surface area contributed by atoms with Gasteiger partial charge in [0.2, 0.25) is 5.91 Å². The SMILES string of the molecule is CCC1CN=C(NCCC(=O)NC(C)C)S1. The molecule has 1 amide bonds. The highest BCUT2D eigenvalue weighted by Crippen LogP contribution is 2.21. The molecule has 1 aliphatic rings. The van der Waals surface area contributed by atoms with Crippen LogP contribution in [0.4, 0.5) is 0 Å². The van der Waals surface area contributed by atoms with Crippen LogP contribution in [-0.2, 0) is 4.79 Å².